The Morgan fingerprint density at radius 1 is 0.967 bits per heavy atom. The number of anilines is 1. The number of para-hydroxylation sites is 2. The van der Waals surface area contributed by atoms with E-state index in [-0.39, 0.29) is 24.1 Å². The van der Waals surface area contributed by atoms with Crippen molar-refractivity contribution in [3.05, 3.63) is 59.7 Å². The van der Waals surface area contributed by atoms with Gasteiger partial charge in [0.1, 0.15) is 5.75 Å². The maximum absolute atomic E-state index is 13.3. The molecule has 0 radical (unpaired) electrons. The number of benzene rings is 2. The van der Waals surface area contributed by atoms with Crippen molar-refractivity contribution >= 4 is 23.4 Å². The van der Waals surface area contributed by atoms with Crippen LogP contribution in [-0.2, 0) is 9.59 Å². The zero-order valence-electron chi connectivity index (χ0n) is 17.0. The highest BCUT2D eigenvalue weighted by Crippen LogP contribution is 2.33. The Kier molecular flexibility index (Phi) is 5.70. The quantitative estimate of drug-likeness (QED) is 0.848. The minimum absolute atomic E-state index is 0.0520. The second-order valence-electron chi connectivity index (χ2n) is 7.56. The summed E-state index contributed by atoms with van der Waals surface area (Å²) in [4.78, 5) is 42.0. The lowest BCUT2D eigenvalue weighted by Gasteiger charge is -2.30. The van der Waals surface area contributed by atoms with Crippen molar-refractivity contribution in [1.82, 2.24) is 9.80 Å². The molecule has 2 aliphatic rings. The maximum Gasteiger partial charge on any atom is 0.257 e. The van der Waals surface area contributed by atoms with Gasteiger partial charge in [0.25, 0.3) is 5.91 Å². The fraction of sp³-hybridized carbons (Fsp3) is 0.348. The lowest BCUT2D eigenvalue weighted by molar-refractivity contribution is -0.134. The van der Waals surface area contributed by atoms with Gasteiger partial charge in [-0.15, -0.1) is 0 Å². The molecule has 1 saturated heterocycles. The molecule has 0 bridgehead atoms. The molecule has 0 spiro atoms. The van der Waals surface area contributed by atoms with Crippen LogP contribution in [0.1, 0.15) is 34.7 Å². The van der Waals surface area contributed by atoms with Gasteiger partial charge in [0.05, 0.1) is 18.6 Å². The molecule has 2 aliphatic heterocycles. The molecular weight excluding hydrogens is 382 g/mol. The molecule has 7 heteroatoms. The number of rotatable bonds is 3. The van der Waals surface area contributed by atoms with Gasteiger partial charge < -0.3 is 19.9 Å². The highest BCUT2D eigenvalue weighted by molar-refractivity contribution is 6.01. The van der Waals surface area contributed by atoms with E-state index in [1.807, 2.05) is 36.4 Å². The van der Waals surface area contributed by atoms with Crippen molar-refractivity contribution in [3.8, 4) is 5.75 Å². The highest BCUT2D eigenvalue weighted by atomic mass is 16.5. The predicted molar refractivity (Wildman–Crippen MR) is 113 cm³/mol. The molecule has 2 heterocycles. The van der Waals surface area contributed by atoms with Gasteiger partial charge in [-0.25, -0.2) is 0 Å². The van der Waals surface area contributed by atoms with E-state index in [0.29, 0.717) is 49.6 Å². The van der Waals surface area contributed by atoms with Gasteiger partial charge in [-0.05, 0) is 30.2 Å². The summed E-state index contributed by atoms with van der Waals surface area (Å²) < 4.78 is 5.32. The average Bonchev–Trinajstić information content (AvgIpc) is 3.04. The standard InChI is InChI=1S/C23H25N3O4/c1-30-20-10-5-3-8-17(20)22(28)25-11-6-12-26(14-13-25)23(29)18-15-21(27)24-19-9-4-2-7-16(18)19/h2-5,7-10,18H,6,11-15H2,1H3,(H,24,27). The Hall–Kier alpha value is -3.35. The molecule has 4 rings (SSSR count). The monoisotopic (exact) mass is 407 g/mol. The summed E-state index contributed by atoms with van der Waals surface area (Å²) in [6.45, 7) is 2.03. The maximum atomic E-state index is 13.3. The van der Waals surface area contributed by atoms with Crippen LogP contribution in [-0.4, -0.2) is 60.8 Å². The Labute approximate surface area is 175 Å². The zero-order valence-corrected chi connectivity index (χ0v) is 17.0. The minimum Gasteiger partial charge on any atom is -0.496 e. The van der Waals surface area contributed by atoms with Crippen molar-refractivity contribution in [2.24, 2.45) is 0 Å². The van der Waals surface area contributed by atoms with Crippen molar-refractivity contribution in [3.63, 3.8) is 0 Å². The second kappa shape index (κ2) is 8.57. The Morgan fingerprint density at radius 2 is 1.67 bits per heavy atom. The van der Waals surface area contributed by atoms with Crippen LogP contribution >= 0.6 is 0 Å². The summed E-state index contributed by atoms with van der Waals surface area (Å²) in [6.07, 6.45) is 0.837. The first-order chi connectivity index (χ1) is 14.6. The molecule has 3 amide bonds. The second-order valence-corrected chi connectivity index (χ2v) is 7.56. The number of amides is 3. The number of hydrogen-bond acceptors (Lipinski definition) is 4. The molecule has 1 fully saturated rings. The van der Waals surface area contributed by atoms with Gasteiger partial charge in [0, 0.05) is 38.3 Å². The number of carbonyl (C=O) groups excluding carboxylic acids is 3. The van der Waals surface area contributed by atoms with E-state index in [1.54, 1.807) is 29.0 Å². The van der Waals surface area contributed by atoms with E-state index in [9.17, 15) is 14.4 Å². The minimum atomic E-state index is -0.480. The Bertz CT molecular complexity index is 974. The van der Waals surface area contributed by atoms with E-state index in [0.717, 1.165) is 5.56 Å². The summed E-state index contributed by atoms with van der Waals surface area (Å²) in [5, 5.41) is 2.84. The molecule has 2 aromatic rings. The number of nitrogens with zero attached hydrogens (tertiary/aromatic N) is 2. The highest BCUT2D eigenvalue weighted by Gasteiger charge is 2.34. The third-order valence-corrected chi connectivity index (χ3v) is 5.73. The predicted octanol–water partition coefficient (Wildman–Crippen LogP) is 2.50. The molecule has 7 nitrogen and oxygen atoms in total. The summed E-state index contributed by atoms with van der Waals surface area (Å²) in [7, 11) is 1.55. The molecule has 30 heavy (non-hydrogen) atoms. The molecule has 0 saturated carbocycles. The normalized spacial score (nSPS) is 18.8. The Morgan fingerprint density at radius 3 is 2.50 bits per heavy atom. The van der Waals surface area contributed by atoms with E-state index in [1.165, 1.54) is 0 Å². The van der Waals surface area contributed by atoms with Gasteiger partial charge in [-0.3, -0.25) is 14.4 Å². The van der Waals surface area contributed by atoms with Crippen molar-refractivity contribution in [2.45, 2.75) is 18.8 Å². The first-order valence-corrected chi connectivity index (χ1v) is 10.2. The third kappa shape index (κ3) is 3.87. The van der Waals surface area contributed by atoms with Crippen LogP contribution in [0, 0.1) is 0 Å². The van der Waals surface area contributed by atoms with Crippen LogP contribution in [0.3, 0.4) is 0 Å². The summed E-state index contributed by atoms with van der Waals surface area (Å²) in [5.74, 6) is -0.223. The molecular formula is C23H25N3O4. The number of ether oxygens (including phenoxy) is 1. The average molecular weight is 407 g/mol. The topological polar surface area (TPSA) is 79.0 Å². The molecule has 0 aliphatic carbocycles. The molecule has 2 aromatic carbocycles. The third-order valence-electron chi connectivity index (χ3n) is 5.73. The van der Waals surface area contributed by atoms with E-state index >= 15 is 0 Å². The van der Waals surface area contributed by atoms with Crippen LogP contribution in [0.4, 0.5) is 5.69 Å². The molecule has 0 aromatic heterocycles. The van der Waals surface area contributed by atoms with Crippen LogP contribution in [0.15, 0.2) is 48.5 Å². The summed E-state index contributed by atoms with van der Waals surface area (Å²) in [6, 6.07) is 14.6. The van der Waals surface area contributed by atoms with Gasteiger partial charge >= 0.3 is 0 Å². The molecule has 1 atom stereocenters. The van der Waals surface area contributed by atoms with Crippen molar-refractivity contribution in [2.75, 3.05) is 38.6 Å². The number of hydrogen-bond donors (Lipinski definition) is 1. The van der Waals surface area contributed by atoms with Crippen molar-refractivity contribution < 1.29 is 19.1 Å². The van der Waals surface area contributed by atoms with Crippen LogP contribution in [0.2, 0.25) is 0 Å². The van der Waals surface area contributed by atoms with Crippen molar-refractivity contribution in [1.29, 1.82) is 0 Å². The fourth-order valence-corrected chi connectivity index (χ4v) is 4.18. The zero-order chi connectivity index (χ0) is 21.1. The first-order valence-electron chi connectivity index (χ1n) is 10.2. The number of methoxy groups -OCH3 is 1. The van der Waals surface area contributed by atoms with Gasteiger partial charge in [-0.2, -0.15) is 0 Å². The van der Waals surface area contributed by atoms with Gasteiger partial charge in [0.2, 0.25) is 11.8 Å². The SMILES string of the molecule is COc1ccccc1C(=O)N1CCCN(C(=O)C2CC(=O)Nc3ccccc32)CC1. The largest absolute Gasteiger partial charge is 0.496 e. The number of nitrogens with one attached hydrogen (secondary N) is 1. The first kappa shape index (κ1) is 19.9. The smallest absolute Gasteiger partial charge is 0.257 e. The van der Waals surface area contributed by atoms with Gasteiger partial charge in [0.15, 0.2) is 0 Å². The van der Waals surface area contributed by atoms with E-state index in [2.05, 4.69) is 5.32 Å². The fourth-order valence-electron chi connectivity index (χ4n) is 4.18. The molecule has 156 valence electrons. The van der Waals surface area contributed by atoms with Crippen LogP contribution in [0.25, 0.3) is 0 Å². The van der Waals surface area contributed by atoms with E-state index in [4.69, 9.17) is 4.74 Å². The summed E-state index contributed by atoms with van der Waals surface area (Å²) in [5.41, 5.74) is 2.08. The number of fused-ring (bicyclic) bond motifs is 1. The van der Waals surface area contributed by atoms with Crippen LogP contribution < -0.4 is 10.1 Å². The lowest BCUT2D eigenvalue weighted by atomic mass is 9.89. The summed E-state index contributed by atoms with van der Waals surface area (Å²) >= 11 is 0. The molecule has 1 unspecified atom stereocenters. The number of carbonyl (C=O) groups is 3. The van der Waals surface area contributed by atoms with Gasteiger partial charge in [-0.1, -0.05) is 30.3 Å². The van der Waals surface area contributed by atoms with Crippen LogP contribution in [0.5, 0.6) is 5.75 Å². The molecule has 1 N–H and O–H groups in total. The van der Waals surface area contributed by atoms with E-state index < -0.39 is 5.92 Å². The Balaban J connectivity index is 1.48. The lowest BCUT2D eigenvalue weighted by Crippen LogP contribution is -2.41.